The number of aliphatic imine (C=N–C) groups is 1. The minimum Gasteiger partial charge on any atom is -0.357 e. The van der Waals surface area contributed by atoms with E-state index in [-0.39, 0.29) is 0 Å². The van der Waals surface area contributed by atoms with Gasteiger partial charge in [-0.2, -0.15) is 0 Å². The molecule has 1 aromatic heterocycles. The molecule has 0 amide bonds. The Hall–Kier alpha value is -1.56. The van der Waals surface area contributed by atoms with Crippen molar-refractivity contribution in [2.24, 2.45) is 4.99 Å². The molecule has 134 valence electrons. The Morgan fingerprint density at radius 1 is 1.29 bits per heavy atom. The van der Waals surface area contributed by atoms with Gasteiger partial charge in [0.1, 0.15) is 0 Å². The lowest BCUT2D eigenvalue weighted by Gasteiger charge is -2.24. The highest BCUT2D eigenvalue weighted by atomic mass is 15.3. The SMILES string of the molecule is CCNC(=NCCCn1ccnc1)NC1CCN(C2CCCC2)C1. The van der Waals surface area contributed by atoms with E-state index in [1.165, 1.54) is 45.2 Å². The van der Waals surface area contributed by atoms with Gasteiger partial charge in [0.05, 0.1) is 6.33 Å². The molecular formula is C18H32N6. The van der Waals surface area contributed by atoms with Crippen molar-refractivity contribution in [1.29, 1.82) is 0 Å². The van der Waals surface area contributed by atoms with Crippen LogP contribution in [0.15, 0.2) is 23.7 Å². The molecule has 2 heterocycles. The van der Waals surface area contributed by atoms with Crippen LogP contribution in [-0.4, -0.2) is 58.7 Å². The summed E-state index contributed by atoms with van der Waals surface area (Å²) in [6, 6.07) is 1.38. The zero-order valence-electron chi connectivity index (χ0n) is 15.0. The summed E-state index contributed by atoms with van der Waals surface area (Å²) in [5, 5.41) is 7.03. The second-order valence-electron chi connectivity index (χ2n) is 6.98. The van der Waals surface area contributed by atoms with Crippen molar-refractivity contribution >= 4 is 5.96 Å². The Kier molecular flexibility index (Phi) is 6.52. The van der Waals surface area contributed by atoms with Gasteiger partial charge in [-0.25, -0.2) is 4.98 Å². The molecule has 1 aliphatic heterocycles. The Balaban J connectivity index is 1.42. The monoisotopic (exact) mass is 332 g/mol. The van der Waals surface area contributed by atoms with Crippen LogP contribution in [0.2, 0.25) is 0 Å². The van der Waals surface area contributed by atoms with E-state index in [9.17, 15) is 0 Å². The summed E-state index contributed by atoms with van der Waals surface area (Å²) in [7, 11) is 0. The summed E-state index contributed by atoms with van der Waals surface area (Å²) in [5.41, 5.74) is 0. The second kappa shape index (κ2) is 9.06. The largest absolute Gasteiger partial charge is 0.357 e. The summed E-state index contributed by atoms with van der Waals surface area (Å²) in [6.07, 6.45) is 13.6. The van der Waals surface area contributed by atoms with E-state index < -0.39 is 0 Å². The van der Waals surface area contributed by atoms with E-state index in [0.717, 1.165) is 38.1 Å². The highest BCUT2D eigenvalue weighted by Gasteiger charge is 2.30. The van der Waals surface area contributed by atoms with Crippen LogP contribution in [0.1, 0.15) is 45.4 Å². The van der Waals surface area contributed by atoms with Crippen molar-refractivity contribution in [2.45, 2.75) is 64.1 Å². The number of hydrogen-bond acceptors (Lipinski definition) is 3. The fourth-order valence-corrected chi connectivity index (χ4v) is 3.88. The third kappa shape index (κ3) is 4.97. The highest BCUT2D eigenvalue weighted by molar-refractivity contribution is 5.80. The van der Waals surface area contributed by atoms with Crippen molar-refractivity contribution in [1.82, 2.24) is 25.1 Å². The van der Waals surface area contributed by atoms with Crippen LogP contribution in [-0.2, 0) is 6.54 Å². The lowest BCUT2D eigenvalue weighted by atomic mass is 10.2. The van der Waals surface area contributed by atoms with Crippen molar-refractivity contribution in [2.75, 3.05) is 26.2 Å². The molecule has 1 unspecified atom stereocenters. The first kappa shape index (κ1) is 17.3. The number of imidazole rings is 1. The molecule has 1 atom stereocenters. The molecule has 6 heteroatoms. The molecule has 0 bridgehead atoms. The average Bonchev–Trinajstić information content (AvgIpc) is 3.32. The number of likely N-dealkylation sites (tertiary alicyclic amines) is 1. The van der Waals surface area contributed by atoms with E-state index in [1.54, 1.807) is 0 Å². The third-order valence-electron chi connectivity index (χ3n) is 5.15. The summed E-state index contributed by atoms with van der Waals surface area (Å²) in [4.78, 5) is 11.5. The van der Waals surface area contributed by atoms with E-state index in [2.05, 4.69) is 32.0 Å². The highest BCUT2D eigenvalue weighted by Crippen LogP contribution is 2.26. The van der Waals surface area contributed by atoms with Gasteiger partial charge < -0.3 is 15.2 Å². The van der Waals surface area contributed by atoms with Gasteiger partial charge >= 0.3 is 0 Å². The van der Waals surface area contributed by atoms with Crippen LogP contribution < -0.4 is 10.6 Å². The quantitative estimate of drug-likeness (QED) is 0.454. The first-order valence-corrected chi connectivity index (χ1v) is 9.60. The van der Waals surface area contributed by atoms with Crippen LogP contribution in [0.4, 0.5) is 0 Å². The molecule has 1 aromatic rings. The normalized spacial score (nSPS) is 23.0. The molecule has 1 aliphatic carbocycles. The zero-order valence-corrected chi connectivity index (χ0v) is 15.0. The molecule has 2 aliphatic rings. The molecular weight excluding hydrogens is 300 g/mol. The van der Waals surface area contributed by atoms with Crippen LogP contribution >= 0.6 is 0 Å². The fourth-order valence-electron chi connectivity index (χ4n) is 3.88. The minimum atomic E-state index is 0.539. The minimum absolute atomic E-state index is 0.539. The average molecular weight is 332 g/mol. The summed E-state index contributed by atoms with van der Waals surface area (Å²) in [5.74, 6) is 0.974. The van der Waals surface area contributed by atoms with Crippen molar-refractivity contribution in [3.8, 4) is 0 Å². The number of hydrogen-bond donors (Lipinski definition) is 2. The molecule has 24 heavy (non-hydrogen) atoms. The molecule has 1 saturated heterocycles. The van der Waals surface area contributed by atoms with Gasteiger partial charge in [0.25, 0.3) is 0 Å². The maximum Gasteiger partial charge on any atom is 0.191 e. The van der Waals surface area contributed by atoms with Gasteiger partial charge in [-0.15, -0.1) is 0 Å². The molecule has 3 rings (SSSR count). The van der Waals surface area contributed by atoms with Crippen molar-refractivity contribution < 1.29 is 0 Å². The van der Waals surface area contributed by atoms with Gasteiger partial charge in [0.2, 0.25) is 0 Å². The fraction of sp³-hybridized carbons (Fsp3) is 0.778. The molecule has 0 radical (unpaired) electrons. The number of guanidine groups is 1. The van der Waals surface area contributed by atoms with Gasteiger partial charge in [-0.3, -0.25) is 9.89 Å². The maximum atomic E-state index is 4.74. The molecule has 0 spiro atoms. The maximum absolute atomic E-state index is 4.74. The number of nitrogens with zero attached hydrogens (tertiary/aromatic N) is 4. The van der Waals surface area contributed by atoms with Gasteiger partial charge in [-0.1, -0.05) is 12.8 Å². The van der Waals surface area contributed by atoms with Crippen LogP contribution in [0.5, 0.6) is 0 Å². The summed E-state index contributed by atoms with van der Waals surface area (Å²) in [6.45, 7) is 7.26. The topological polar surface area (TPSA) is 57.5 Å². The smallest absolute Gasteiger partial charge is 0.191 e. The van der Waals surface area contributed by atoms with E-state index in [1.807, 2.05) is 18.7 Å². The molecule has 6 nitrogen and oxygen atoms in total. The Bertz CT molecular complexity index is 492. The first-order chi connectivity index (χ1) is 11.8. The number of aromatic nitrogens is 2. The Morgan fingerprint density at radius 2 is 2.17 bits per heavy atom. The number of nitrogens with one attached hydrogen (secondary N) is 2. The Morgan fingerprint density at radius 3 is 2.92 bits per heavy atom. The lowest BCUT2D eigenvalue weighted by Crippen LogP contribution is -2.45. The molecule has 1 saturated carbocycles. The van der Waals surface area contributed by atoms with E-state index in [0.29, 0.717) is 6.04 Å². The summed E-state index contributed by atoms with van der Waals surface area (Å²) >= 11 is 0. The summed E-state index contributed by atoms with van der Waals surface area (Å²) < 4.78 is 2.10. The molecule has 0 aromatic carbocycles. The lowest BCUT2D eigenvalue weighted by molar-refractivity contribution is 0.242. The first-order valence-electron chi connectivity index (χ1n) is 9.60. The zero-order chi connectivity index (χ0) is 16.6. The number of rotatable bonds is 7. The molecule has 2 N–H and O–H groups in total. The van der Waals surface area contributed by atoms with Gasteiger partial charge in [0.15, 0.2) is 5.96 Å². The second-order valence-corrected chi connectivity index (χ2v) is 6.98. The predicted molar refractivity (Wildman–Crippen MR) is 98.2 cm³/mol. The van der Waals surface area contributed by atoms with Crippen LogP contribution in [0.25, 0.3) is 0 Å². The third-order valence-corrected chi connectivity index (χ3v) is 5.15. The predicted octanol–water partition coefficient (Wildman–Crippen LogP) is 1.85. The van der Waals surface area contributed by atoms with Crippen molar-refractivity contribution in [3.05, 3.63) is 18.7 Å². The standard InChI is InChI=1S/C18H32N6/c1-2-20-18(21-9-5-11-23-13-10-19-15-23)22-16-8-12-24(14-16)17-6-3-4-7-17/h10,13,15-17H,2-9,11-12,14H2,1H3,(H2,20,21,22). The van der Waals surface area contributed by atoms with Crippen molar-refractivity contribution in [3.63, 3.8) is 0 Å². The Labute approximate surface area is 145 Å². The van der Waals surface area contributed by atoms with E-state index in [4.69, 9.17) is 4.99 Å². The van der Waals surface area contributed by atoms with Gasteiger partial charge in [0, 0.05) is 57.2 Å². The van der Waals surface area contributed by atoms with Gasteiger partial charge in [-0.05, 0) is 32.6 Å². The van der Waals surface area contributed by atoms with Crippen LogP contribution in [0, 0.1) is 0 Å². The molecule has 2 fully saturated rings. The van der Waals surface area contributed by atoms with E-state index >= 15 is 0 Å². The number of aryl methyl sites for hydroxylation is 1. The van der Waals surface area contributed by atoms with Crippen LogP contribution in [0.3, 0.4) is 0 Å².